The molecule has 6 nitrogen and oxygen atoms in total. The Bertz CT molecular complexity index is 1160. The quantitative estimate of drug-likeness (QED) is 0.0502. The topological polar surface area (TPSA) is 63.2 Å². The van der Waals surface area contributed by atoms with Gasteiger partial charge in [-0.15, -0.1) is 0 Å². The third-order valence-corrected chi connectivity index (χ3v) is 21.1. The SMILES string of the molecule is CCOC(=O)/C(C)=C/[C@H](C)[C@@H](O[Si](CC)(CC)CC)[C@@H](C/C(C)=C/I)[C@H](C)[C@H](O[Si](C)(C)C(C)(C)C)[C@H](C)COCc1ccc(OC)cc1. The Labute approximate surface area is 316 Å². The van der Waals surface area contributed by atoms with Crippen molar-refractivity contribution in [3.05, 3.63) is 51.1 Å². The van der Waals surface area contributed by atoms with E-state index in [2.05, 4.69) is 127 Å². The van der Waals surface area contributed by atoms with Gasteiger partial charge in [0.25, 0.3) is 0 Å². The first-order valence-corrected chi connectivity index (χ1v) is 25.2. The van der Waals surface area contributed by atoms with Gasteiger partial charge in [-0.05, 0) is 97.1 Å². The van der Waals surface area contributed by atoms with Crippen LogP contribution in [0.25, 0.3) is 0 Å². The van der Waals surface area contributed by atoms with Crippen LogP contribution in [0.2, 0.25) is 36.3 Å². The first kappa shape index (κ1) is 46.0. The largest absolute Gasteiger partial charge is 0.497 e. The van der Waals surface area contributed by atoms with Crippen molar-refractivity contribution in [2.75, 3.05) is 20.3 Å². The molecule has 1 rings (SSSR count). The maximum Gasteiger partial charge on any atom is 0.333 e. The number of carbonyl (C=O) groups excluding carboxylic acids is 1. The molecule has 0 radical (unpaired) electrons. The third kappa shape index (κ3) is 14.2. The molecule has 0 heterocycles. The zero-order valence-corrected chi connectivity index (χ0v) is 37.9. The molecule has 0 spiro atoms. The Kier molecular flexibility index (Phi) is 20.2. The van der Waals surface area contributed by atoms with Crippen LogP contribution in [0.15, 0.2) is 45.6 Å². The molecule has 0 aliphatic heterocycles. The minimum Gasteiger partial charge on any atom is -0.497 e. The summed E-state index contributed by atoms with van der Waals surface area (Å²) < 4.78 is 34.3. The van der Waals surface area contributed by atoms with Gasteiger partial charge in [-0.1, -0.05) is 109 Å². The lowest BCUT2D eigenvalue weighted by atomic mass is 9.74. The minimum absolute atomic E-state index is 0.00513. The monoisotopic (exact) mass is 830 g/mol. The first-order valence-electron chi connectivity index (χ1n) is 18.5. The average molecular weight is 831 g/mol. The smallest absolute Gasteiger partial charge is 0.333 e. The molecule has 282 valence electrons. The van der Waals surface area contributed by atoms with Gasteiger partial charge in [0.05, 0.1) is 39.1 Å². The van der Waals surface area contributed by atoms with Crippen molar-refractivity contribution >= 4 is 45.2 Å². The number of methoxy groups -OCH3 is 1. The lowest BCUT2D eigenvalue weighted by molar-refractivity contribution is -0.138. The van der Waals surface area contributed by atoms with Gasteiger partial charge in [0.1, 0.15) is 5.75 Å². The number of benzene rings is 1. The number of allylic oxidation sites excluding steroid dienone is 1. The molecule has 0 saturated carbocycles. The Morgan fingerprint density at radius 3 is 1.96 bits per heavy atom. The highest BCUT2D eigenvalue weighted by molar-refractivity contribution is 14.1. The summed E-state index contributed by atoms with van der Waals surface area (Å²) in [6, 6.07) is 11.3. The summed E-state index contributed by atoms with van der Waals surface area (Å²) in [4.78, 5) is 12.8. The molecule has 6 atom stereocenters. The number of halogens is 1. The third-order valence-electron chi connectivity index (χ3n) is 10.9. The molecular formula is C40H71IO6Si2. The van der Waals surface area contributed by atoms with E-state index in [4.69, 9.17) is 23.1 Å². The van der Waals surface area contributed by atoms with Crippen LogP contribution in [0.3, 0.4) is 0 Å². The van der Waals surface area contributed by atoms with Gasteiger partial charge in [0, 0.05) is 17.4 Å². The van der Waals surface area contributed by atoms with Crippen LogP contribution in [-0.2, 0) is 29.7 Å². The highest BCUT2D eigenvalue weighted by Gasteiger charge is 2.46. The summed E-state index contributed by atoms with van der Waals surface area (Å²) in [5.74, 6) is 1.05. The van der Waals surface area contributed by atoms with E-state index in [1.165, 1.54) is 5.57 Å². The molecule has 49 heavy (non-hydrogen) atoms. The van der Waals surface area contributed by atoms with Crippen molar-refractivity contribution < 1.29 is 27.9 Å². The first-order chi connectivity index (χ1) is 22.8. The minimum atomic E-state index is -2.17. The summed E-state index contributed by atoms with van der Waals surface area (Å²) in [5, 5.41) is 0.0551. The summed E-state index contributed by atoms with van der Waals surface area (Å²) in [6.07, 6.45) is 2.86. The summed E-state index contributed by atoms with van der Waals surface area (Å²) in [6.45, 7) is 32.8. The van der Waals surface area contributed by atoms with E-state index in [1.807, 2.05) is 26.0 Å². The number of hydrogen-bond donors (Lipinski definition) is 0. The van der Waals surface area contributed by atoms with Crippen molar-refractivity contribution in [3.63, 3.8) is 0 Å². The number of esters is 1. The standard InChI is InChI=1S/C40H71IO6Si2/c1-16-45-39(42)31(7)25-30(6)38(47-49(17-2,18-3)19-4)36(24-29(5)26-41)33(9)37(46-48(14,15)40(10,11)12)32(8)27-44-28-34-20-22-35(43-13)23-21-34/h20-23,25-26,30,32-33,36-38H,16-19,24,27-28H2,1-15H3/b29-26+,31-25+/t30-,32+,33-,36-,37+,38+/m0/s1. The molecule has 9 heteroatoms. The van der Waals surface area contributed by atoms with Crippen molar-refractivity contribution in [1.82, 2.24) is 0 Å². The highest BCUT2D eigenvalue weighted by Crippen LogP contribution is 2.43. The molecule has 0 saturated heterocycles. The number of rotatable bonds is 22. The van der Waals surface area contributed by atoms with Crippen molar-refractivity contribution in [2.45, 2.75) is 145 Å². The van der Waals surface area contributed by atoms with Crippen molar-refractivity contribution in [2.24, 2.45) is 23.7 Å². The van der Waals surface area contributed by atoms with Crippen molar-refractivity contribution in [1.29, 1.82) is 0 Å². The second-order valence-electron chi connectivity index (χ2n) is 15.6. The fourth-order valence-corrected chi connectivity index (χ4v) is 11.1. The Morgan fingerprint density at radius 1 is 0.918 bits per heavy atom. The fourth-order valence-electron chi connectivity index (χ4n) is 6.37. The molecule has 0 aliphatic carbocycles. The second kappa shape index (κ2) is 21.5. The van der Waals surface area contributed by atoms with Crippen LogP contribution in [0.4, 0.5) is 0 Å². The summed E-state index contributed by atoms with van der Waals surface area (Å²) in [5.41, 5.74) is 3.09. The average Bonchev–Trinajstić information content (AvgIpc) is 3.06. The van der Waals surface area contributed by atoms with Gasteiger partial charge >= 0.3 is 5.97 Å². The lowest BCUT2D eigenvalue weighted by Gasteiger charge is -2.47. The molecule has 0 N–H and O–H groups in total. The summed E-state index contributed by atoms with van der Waals surface area (Å²) in [7, 11) is -2.53. The molecule has 0 unspecified atom stereocenters. The molecule has 1 aromatic rings. The zero-order valence-electron chi connectivity index (χ0n) is 33.7. The molecule has 0 fully saturated rings. The molecule has 0 aliphatic rings. The van der Waals surface area contributed by atoms with Crippen LogP contribution in [0.1, 0.15) is 95.1 Å². The molecule has 1 aromatic carbocycles. The van der Waals surface area contributed by atoms with Crippen LogP contribution in [0.5, 0.6) is 5.75 Å². The van der Waals surface area contributed by atoms with Crippen LogP contribution in [-0.4, -0.2) is 55.1 Å². The Balaban J connectivity index is 3.75. The molecule has 0 amide bonds. The Morgan fingerprint density at radius 2 is 1.49 bits per heavy atom. The molecule has 0 aromatic heterocycles. The van der Waals surface area contributed by atoms with E-state index in [0.29, 0.717) is 25.4 Å². The lowest BCUT2D eigenvalue weighted by Crippen LogP contribution is -2.52. The van der Waals surface area contributed by atoms with Gasteiger partial charge in [-0.25, -0.2) is 4.79 Å². The predicted molar refractivity (Wildman–Crippen MR) is 221 cm³/mol. The van der Waals surface area contributed by atoms with E-state index >= 15 is 0 Å². The maximum absolute atomic E-state index is 12.8. The van der Waals surface area contributed by atoms with Gasteiger partial charge in [-0.2, -0.15) is 0 Å². The molecule has 0 bridgehead atoms. The second-order valence-corrected chi connectivity index (χ2v) is 25.7. The number of hydrogen-bond acceptors (Lipinski definition) is 6. The predicted octanol–water partition coefficient (Wildman–Crippen LogP) is 11.8. The maximum atomic E-state index is 12.8. The zero-order chi connectivity index (χ0) is 37.6. The van der Waals surface area contributed by atoms with Gasteiger partial charge in [0.2, 0.25) is 0 Å². The van der Waals surface area contributed by atoms with E-state index in [9.17, 15) is 4.79 Å². The number of ether oxygens (including phenoxy) is 3. The highest BCUT2D eigenvalue weighted by atomic mass is 127. The van der Waals surface area contributed by atoms with Crippen LogP contribution < -0.4 is 4.74 Å². The Hall–Kier alpha value is -0.986. The summed E-state index contributed by atoms with van der Waals surface area (Å²) >= 11 is 2.37. The van der Waals surface area contributed by atoms with E-state index in [1.54, 1.807) is 7.11 Å². The number of carbonyl (C=O) groups is 1. The van der Waals surface area contributed by atoms with Crippen LogP contribution in [0, 0.1) is 23.7 Å². The van der Waals surface area contributed by atoms with E-state index < -0.39 is 16.6 Å². The van der Waals surface area contributed by atoms with Gasteiger partial charge in [0.15, 0.2) is 16.6 Å². The van der Waals surface area contributed by atoms with E-state index in [-0.39, 0.29) is 46.9 Å². The van der Waals surface area contributed by atoms with Gasteiger partial charge in [-0.3, -0.25) is 0 Å². The van der Waals surface area contributed by atoms with E-state index in [0.717, 1.165) is 35.9 Å². The molecular weight excluding hydrogens is 760 g/mol. The fraction of sp³-hybridized carbons (Fsp3) is 0.725. The van der Waals surface area contributed by atoms with Crippen molar-refractivity contribution in [3.8, 4) is 5.75 Å². The van der Waals surface area contributed by atoms with Gasteiger partial charge < -0.3 is 23.1 Å². The normalized spacial score (nSPS) is 17.2. The van der Waals surface area contributed by atoms with Crippen LogP contribution >= 0.6 is 22.6 Å².